The monoisotopic (exact) mass is 503 g/mol. The summed E-state index contributed by atoms with van der Waals surface area (Å²) in [7, 11) is 4.42. The fourth-order valence-electron chi connectivity index (χ4n) is 4.29. The number of Topliss-reactive ketones (excluding diaryl/α,β-unsaturated/α-hetero) is 1. The number of hydrogen-bond acceptors (Lipinski definition) is 7. The minimum atomic E-state index is -1.07. The number of rotatable bonds is 8. The first-order chi connectivity index (χ1) is 17.8. The molecule has 3 aromatic rings. The summed E-state index contributed by atoms with van der Waals surface area (Å²) in [6, 6.07) is 16.7. The lowest BCUT2D eigenvalue weighted by Crippen LogP contribution is -2.29. The predicted octanol–water partition coefficient (Wildman–Crippen LogP) is 4.03. The Morgan fingerprint density at radius 1 is 0.865 bits per heavy atom. The SMILES string of the molecule is COc1cccc(C2/C(=C(/O)c3ccc(OC)cc3OC)C(=O)C(=O)N2Cc2ccc(C(=O)O)cc2)c1. The third kappa shape index (κ3) is 4.84. The number of aliphatic hydroxyl groups excluding tert-OH is 1. The highest BCUT2D eigenvalue weighted by molar-refractivity contribution is 6.46. The van der Waals surface area contributed by atoms with E-state index >= 15 is 0 Å². The number of ether oxygens (including phenoxy) is 3. The average molecular weight is 504 g/mol. The molecule has 1 amide bonds. The average Bonchev–Trinajstić information content (AvgIpc) is 3.17. The summed E-state index contributed by atoms with van der Waals surface area (Å²) in [6.45, 7) is 0.00285. The Balaban J connectivity index is 1.87. The van der Waals surface area contributed by atoms with Crippen LogP contribution >= 0.6 is 0 Å². The number of aliphatic hydroxyl groups is 1. The molecule has 1 aliphatic heterocycles. The van der Waals surface area contributed by atoms with Crippen molar-refractivity contribution in [2.75, 3.05) is 21.3 Å². The normalized spacial score (nSPS) is 16.5. The van der Waals surface area contributed by atoms with Gasteiger partial charge in [-0.15, -0.1) is 0 Å². The number of likely N-dealkylation sites (tertiary alicyclic amines) is 1. The minimum Gasteiger partial charge on any atom is -0.507 e. The van der Waals surface area contributed by atoms with E-state index < -0.39 is 29.5 Å². The van der Waals surface area contributed by atoms with Gasteiger partial charge in [-0.25, -0.2) is 4.79 Å². The van der Waals surface area contributed by atoms with E-state index in [0.29, 0.717) is 22.6 Å². The lowest BCUT2D eigenvalue weighted by molar-refractivity contribution is -0.140. The first kappa shape index (κ1) is 25.3. The number of benzene rings is 3. The van der Waals surface area contributed by atoms with E-state index in [4.69, 9.17) is 14.2 Å². The molecule has 0 aliphatic carbocycles. The third-order valence-corrected chi connectivity index (χ3v) is 6.17. The van der Waals surface area contributed by atoms with Crippen molar-refractivity contribution in [3.8, 4) is 17.2 Å². The molecule has 37 heavy (non-hydrogen) atoms. The van der Waals surface area contributed by atoms with Crippen LogP contribution in [0.4, 0.5) is 0 Å². The molecule has 1 saturated heterocycles. The van der Waals surface area contributed by atoms with Gasteiger partial charge in [0.25, 0.3) is 11.7 Å². The van der Waals surface area contributed by atoms with Crippen molar-refractivity contribution in [1.29, 1.82) is 0 Å². The summed E-state index contributed by atoms with van der Waals surface area (Å²) < 4.78 is 16.0. The largest absolute Gasteiger partial charge is 0.507 e. The number of aromatic carboxylic acids is 1. The molecule has 1 unspecified atom stereocenters. The maximum Gasteiger partial charge on any atom is 0.335 e. The van der Waals surface area contributed by atoms with Gasteiger partial charge in [-0.1, -0.05) is 24.3 Å². The molecule has 9 nitrogen and oxygen atoms in total. The van der Waals surface area contributed by atoms with E-state index in [2.05, 4.69) is 0 Å². The fraction of sp³-hybridized carbons (Fsp3) is 0.179. The van der Waals surface area contributed by atoms with Crippen molar-refractivity contribution in [3.63, 3.8) is 0 Å². The van der Waals surface area contributed by atoms with Gasteiger partial charge in [-0.05, 0) is 47.5 Å². The van der Waals surface area contributed by atoms with Crippen molar-refractivity contribution >= 4 is 23.4 Å². The standard InChI is InChI=1S/C28H25NO8/c1-35-19-6-4-5-18(13-19)24-23(25(30)21-12-11-20(36-2)14-22(21)37-3)26(31)27(32)29(24)15-16-7-9-17(10-8-16)28(33)34/h4-14,24,30H,15H2,1-3H3,(H,33,34)/b25-23-. The van der Waals surface area contributed by atoms with E-state index in [1.165, 1.54) is 38.4 Å². The maximum atomic E-state index is 13.3. The van der Waals surface area contributed by atoms with Crippen LogP contribution in [0.5, 0.6) is 17.2 Å². The van der Waals surface area contributed by atoms with E-state index in [0.717, 1.165) is 0 Å². The second-order valence-corrected chi connectivity index (χ2v) is 8.27. The smallest absolute Gasteiger partial charge is 0.335 e. The van der Waals surface area contributed by atoms with E-state index in [9.17, 15) is 24.6 Å². The second-order valence-electron chi connectivity index (χ2n) is 8.27. The van der Waals surface area contributed by atoms with Crippen LogP contribution in [0.25, 0.3) is 5.76 Å². The number of amides is 1. The zero-order chi connectivity index (χ0) is 26.7. The van der Waals surface area contributed by atoms with Crippen molar-refractivity contribution in [1.82, 2.24) is 4.90 Å². The van der Waals surface area contributed by atoms with Crippen molar-refractivity contribution in [2.24, 2.45) is 0 Å². The number of methoxy groups -OCH3 is 3. The quantitative estimate of drug-likeness (QED) is 0.268. The van der Waals surface area contributed by atoms with E-state index in [-0.39, 0.29) is 29.0 Å². The van der Waals surface area contributed by atoms with E-state index in [1.807, 2.05) is 0 Å². The summed E-state index contributed by atoms with van der Waals surface area (Å²) in [5.74, 6) is -1.86. The molecule has 1 atom stereocenters. The summed E-state index contributed by atoms with van der Waals surface area (Å²) in [5.41, 5.74) is 1.38. The Kier molecular flexibility index (Phi) is 7.15. The molecule has 190 valence electrons. The highest BCUT2D eigenvalue weighted by Gasteiger charge is 2.46. The minimum absolute atomic E-state index is 0.00285. The molecule has 0 bridgehead atoms. The molecule has 0 radical (unpaired) electrons. The maximum absolute atomic E-state index is 13.3. The van der Waals surface area contributed by atoms with Gasteiger partial charge < -0.3 is 29.3 Å². The first-order valence-corrected chi connectivity index (χ1v) is 11.3. The van der Waals surface area contributed by atoms with Crippen LogP contribution in [-0.4, -0.2) is 54.1 Å². The van der Waals surface area contributed by atoms with Crippen LogP contribution in [0.15, 0.2) is 72.3 Å². The van der Waals surface area contributed by atoms with Crippen LogP contribution in [0, 0.1) is 0 Å². The number of hydrogen-bond donors (Lipinski definition) is 2. The first-order valence-electron chi connectivity index (χ1n) is 11.3. The Hall–Kier alpha value is -4.79. The molecule has 0 spiro atoms. The Morgan fingerprint density at radius 2 is 1.54 bits per heavy atom. The van der Waals surface area contributed by atoms with Gasteiger partial charge in [0.15, 0.2) is 0 Å². The zero-order valence-corrected chi connectivity index (χ0v) is 20.4. The summed E-state index contributed by atoms with van der Waals surface area (Å²) in [5, 5.41) is 20.6. The molecule has 3 aromatic carbocycles. The third-order valence-electron chi connectivity index (χ3n) is 6.17. The van der Waals surface area contributed by atoms with Gasteiger partial charge in [0.05, 0.1) is 44.1 Å². The summed E-state index contributed by atoms with van der Waals surface area (Å²) >= 11 is 0. The highest BCUT2D eigenvalue weighted by Crippen LogP contribution is 2.42. The molecule has 1 fully saturated rings. The van der Waals surface area contributed by atoms with Gasteiger partial charge in [0.1, 0.15) is 23.0 Å². The van der Waals surface area contributed by atoms with Gasteiger partial charge in [0.2, 0.25) is 0 Å². The van der Waals surface area contributed by atoms with Crippen LogP contribution in [0.2, 0.25) is 0 Å². The Labute approximate surface area is 213 Å². The summed E-state index contributed by atoms with van der Waals surface area (Å²) in [4.78, 5) is 39.2. The number of carbonyl (C=O) groups excluding carboxylic acids is 2. The topological polar surface area (TPSA) is 123 Å². The van der Waals surface area contributed by atoms with Crippen molar-refractivity contribution < 1.29 is 38.8 Å². The van der Waals surface area contributed by atoms with Crippen LogP contribution in [0.3, 0.4) is 0 Å². The molecule has 0 saturated carbocycles. The number of carbonyl (C=O) groups is 3. The van der Waals surface area contributed by atoms with Gasteiger partial charge in [0, 0.05) is 12.6 Å². The molecule has 9 heteroatoms. The number of carboxylic acids is 1. The molecule has 1 aliphatic rings. The van der Waals surface area contributed by atoms with Crippen molar-refractivity contribution in [2.45, 2.75) is 12.6 Å². The molecule has 2 N–H and O–H groups in total. The van der Waals surface area contributed by atoms with E-state index in [1.54, 1.807) is 54.6 Å². The van der Waals surface area contributed by atoms with Crippen LogP contribution in [0.1, 0.15) is 33.1 Å². The second kappa shape index (κ2) is 10.4. The predicted molar refractivity (Wildman–Crippen MR) is 134 cm³/mol. The lowest BCUT2D eigenvalue weighted by atomic mass is 9.94. The number of carboxylic acid groups (broad SMARTS) is 1. The van der Waals surface area contributed by atoms with Gasteiger partial charge in [-0.2, -0.15) is 0 Å². The zero-order valence-electron chi connectivity index (χ0n) is 20.4. The molecule has 4 rings (SSSR count). The number of ketones is 1. The Bertz CT molecular complexity index is 1390. The fourth-order valence-corrected chi connectivity index (χ4v) is 4.29. The van der Waals surface area contributed by atoms with Gasteiger partial charge in [-0.3, -0.25) is 9.59 Å². The molecule has 0 aromatic heterocycles. The van der Waals surface area contributed by atoms with Crippen LogP contribution in [-0.2, 0) is 16.1 Å². The molecular formula is C28H25NO8. The molecular weight excluding hydrogens is 478 g/mol. The van der Waals surface area contributed by atoms with Crippen molar-refractivity contribution in [3.05, 3.63) is 94.6 Å². The lowest BCUT2D eigenvalue weighted by Gasteiger charge is -2.26. The van der Waals surface area contributed by atoms with Crippen LogP contribution < -0.4 is 14.2 Å². The van der Waals surface area contributed by atoms with Gasteiger partial charge >= 0.3 is 5.97 Å². The summed E-state index contributed by atoms with van der Waals surface area (Å²) in [6.07, 6.45) is 0. The molecule has 1 heterocycles. The Morgan fingerprint density at radius 3 is 2.16 bits per heavy atom. The highest BCUT2D eigenvalue weighted by atomic mass is 16.5. The number of nitrogens with zero attached hydrogens (tertiary/aromatic N) is 1.